The molecule has 0 amide bonds. The van der Waals surface area contributed by atoms with Crippen LogP contribution >= 0.6 is 0 Å². The zero-order valence-electron chi connectivity index (χ0n) is 8.95. The van der Waals surface area contributed by atoms with Crippen molar-refractivity contribution in [3.63, 3.8) is 0 Å². The highest BCUT2D eigenvalue weighted by molar-refractivity contribution is 4.73. The standard InChI is InChI=1S/C12H22O2/c13-11-5-7-12(8-6-11)14-9-10-3-1-2-4-10/h10-13H,1-9H2. The van der Waals surface area contributed by atoms with Gasteiger partial charge in [0.05, 0.1) is 12.2 Å². The van der Waals surface area contributed by atoms with Crippen LogP contribution in [-0.2, 0) is 4.74 Å². The van der Waals surface area contributed by atoms with E-state index in [1.807, 2.05) is 0 Å². The minimum Gasteiger partial charge on any atom is -0.393 e. The van der Waals surface area contributed by atoms with Gasteiger partial charge in [-0.3, -0.25) is 0 Å². The molecular formula is C12H22O2. The molecule has 0 heterocycles. The van der Waals surface area contributed by atoms with Gasteiger partial charge in [-0.05, 0) is 44.4 Å². The SMILES string of the molecule is OC1CCC(OCC2CCCC2)CC1. The molecule has 1 N–H and O–H groups in total. The van der Waals surface area contributed by atoms with Crippen molar-refractivity contribution in [1.82, 2.24) is 0 Å². The molecule has 2 saturated carbocycles. The fraction of sp³-hybridized carbons (Fsp3) is 1.00. The van der Waals surface area contributed by atoms with Crippen LogP contribution in [0.25, 0.3) is 0 Å². The normalized spacial score (nSPS) is 34.9. The van der Waals surface area contributed by atoms with Crippen molar-refractivity contribution >= 4 is 0 Å². The molecule has 0 spiro atoms. The van der Waals surface area contributed by atoms with E-state index >= 15 is 0 Å². The first-order valence-corrected chi connectivity index (χ1v) is 6.14. The first kappa shape index (κ1) is 10.4. The molecule has 0 atom stereocenters. The molecule has 0 aromatic rings. The van der Waals surface area contributed by atoms with Gasteiger partial charge in [-0.15, -0.1) is 0 Å². The molecule has 2 rings (SSSR count). The molecular weight excluding hydrogens is 176 g/mol. The van der Waals surface area contributed by atoms with E-state index in [9.17, 15) is 5.11 Å². The van der Waals surface area contributed by atoms with Crippen molar-refractivity contribution in [3.8, 4) is 0 Å². The second-order valence-electron chi connectivity index (χ2n) is 4.91. The Labute approximate surface area is 86.6 Å². The van der Waals surface area contributed by atoms with Gasteiger partial charge >= 0.3 is 0 Å². The van der Waals surface area contributed by atoms with Gasteiger partial charge in [0, 0.05) is 6.61 Å². The molecule has 2 aliphatic carbocycles. The highest BCUT2D eigenvalue weighted by Gasteiger charge is 2.22. The molecule has 0 saturated heterocycles. The van der Waals surface area contributed by atoms with E-state index in [4.69, 9.17) is 4.74 Å². The fourth-order valence-electron chi connectivity index (χ4n) is 2.66. The van der Waals surface area contributed by atoms with Crippen molar-refractivity contribution in [3.05, 3.63) is 0 Å². The number of aliphatic hydroxyl groups is 1. The molecule has 14 heavy (non-hydrogen) atoms. The summed E-state index contributed by atoms with van der Waals surface area (Å²) < 4.78 is 5.90. The zero-order chi connectivity index (χ0) is 9.80. The number of rotatable bonds is 3. The average Bonchev–Trinajstić information content (AvgIpc) is 2.70. The van der Waals surface area contributed by atoms with Crippen LogP contribution in [0, 0.1) is 5.92 Å². The van der Waals surface area contributed by atoms with Crippen LogP contribution in [0.1, 0.15) is 51.4 Å². The lowest BCUT2D eigenvalue weighted by Crippen LogP contribution is -2.25. The largest absolute Gasteiger partial charge is 0.393 e. The van der Waals surface area contributed by atoms with Crippen LogP contribution in [0.5, 0.6) is 0 Å². The van der Waals surface area contributed by atoms with Gasteiger partial charge in [0.2, 0.25) is 0 Å². The Morgan fingerprint density at radius 3 is 2.21 bits per heavy atom. The second kappa shape index (κ2) is 5.13. The fourth-order valence-corrected chi connectivity index (χ4v) is 2.66. The van der Waals surface area contributed by atoms with E-state index in [0.717, 1.165) is 38.2 Å². The molecule has 82 valence electrons. The van der Waals surface area contributed by atoms with Gasteiger partial charge in [-0.25, -0.2) is 0 Å². The third kappa shape index (κ3) is 2.96. The lowest BCUT2D eigenvalue weighted by molar-refractivity contribution is -0.0166. The summed E-state index contributed by atoms with van der Waals surface area (Å²) in [5.41, 5.74) is 0. The Kier molecular flexibility index (Phi) is 3.82. The molecule has 0 radical (unpaired) electrons. The summed E-state index contributed by atoms with van der Waals surface area (Å²) in [4.78, 5) is 0. The molecule has 0 unspecified atom stereocenters. The van der Waals surface area contributed by atoms with Crippen molar-refractivity contribution in [2.45, 2.75) is 63.6 Å². The predicted molar refractivity (Wildman–Crippen MR) is 56.2 cm³/mol. The summed E-state index contributed by atoms with van der Waals surface area (Å²) in [5, 5.41) is 9.35. The monoisotopic (exact) mass is 198 g/mol. The maximum absolute atomic E-state index is 9.35. The topological polar surface area (TPSA) is 29.5 Å². The number of aliphatic hydroxyl groups excluding tert-OH is 1. The Morgan fingerprint density at radius 2 is 1.57 bits per heavy atom. The zero-order valence-corrected chi connectivity index (χ0v) is 8.95. The Balaban J connectivity index is 1.60. The van der Waals surface area contributed by atoms with Gasteiger partial charge in [-0.1, -0.05) is 12.8 Å². The highest BCUT2D eigenvalue weighted by Crippen LogP contribution is 2.27. The van der Waals surface area contributed by atoms with Crippen molar-refractivity contribution in [1.29, 1.82) is 0 Å². The van der Waals surface area contributed by atoms with Crippen LogP contribution in [0.2, 0.25) is 0 Å². The number of hydrogen-bond acceptors (Lipinski definition) is 2. The minimum atomic E-state index is -0.0543. The van der Waals surface area contributed by atoms with Gasteiger partial charge in [-0.2, -0.15) is 0 Å². The van der Waals surface area contributed by atoms with Crippen LogP contribution in [-0.4, -0.2) is 23.9 Å². The van der Waals surface area contributed by atoms with E-state index < -0.39 is 0 Å². The molecule has 0 aromatic carbocycles. The van der Waals surface area contributed by atoms with Crippen molar-refractivity contribution in [2.75, 3.05) is 6.61 Å². The van der Waals surface area contributed by atoms with Gasteiger partial charge in [0.1, 0.15) is 0 Å². The van der Waals surface area contributed by atoms with E-state index in [1.165, 1.54) is 25.7 Å². The van der Waals surface area contributed by atoms with E-state index in [0.29, 0.717) is 6.10 Å². The van der Waals surface area contributed by atoms with Gasteiger partial charge in [0.25, 0.3) is 0 Å². The average molecular weight is 198 g/mol. The summed E-state index contributed by atoms with van der Waals surface area (Å²) in [6, 6.07) is 0. The number of hydrogen-bond donors (Lipinski definition) is 1. The second-order valence-corrected chi connectivity index (χ2v) is 4.91. The summed E-state index contributed by atoms with van der Waals surface area (Å²) >= 11 is 0. The van der Waals surface area contributed by atoms with E-state index in [2.05, 4.69) is 0 Å². The van der Waals surface area contributed by atoms with E-state index in [-0.39, 0.29) is 6.10 Å². The summed E-state index contributed by atoms with van der Waals surface area (Å²) in [6.07, 6.45) is 9.94. The summed E-state index contributed by atoms with van der Waals surface area (Å²) in [6.45, 7) is 0.973. The molecule has 2 aliphatic rings. The van der Waals surface area contributed by atoms with Crippen molar-refractivity contribution in [2.24, 2.45) is 5.92 Å². The minimum absolute atomic E-state index is 0.0543. The summed E-state index contributed by atoms with van der Waals surface area (Å²) in [7, 11) is 0. The van der Waals surface area contributed by atoms with Gasteiger partial charge in [0.15, 0.2) is 0 Å². The smallest absolute Gasteiger partial charge is 0.0577 e. The first-order chi connectivity index (χ1) is 6.84. The quantitative estimate of drug-likeness (QED) is 0.755. The van der Waals surface area contributed by atoms with Crippen LogP contribution in [0.15, 0.2) is 0 Å². The Hall–Kier alpha value is -0.0800. The molecule has 2 nitrogen and oxygen atoms in total. The third-order valence-electron chi connectivity index (χ3n) is 3.69. The van der Waals surface area contributed by atoms with Gasteiger partial charge < -0.3 is 9.84 Å². The summed E-state index contributed by atoms with van der Waals surface area (Å²) in [5.74, 6) is 0.835. The van der Waals surface area contributed by atoms with E-state index in [1.54, 1.807) is 0 Å². The highest BCUT2D eigenvalue weighted by atomic mass is 16.5. The molecule has 0 aliphatic heterocycles. The predicted octanol–water partition coefficient (Wildman–Crippen LogP) is 2.50. The lowest BCUT2D eigenvalue weighted by atomic mass is 9.95. The molecule has 0 bridgehead atoms. The first-order valence-electron chi connectivity index (χ1n) is 6.14. The number of ether oxygens (including phenoxy) is 1. The molecule has 0 aromatic heterocycles. The maximum atomic E-state index is 9.35. The van der Waals surface area contributed by atoms with Crippen LogP contribution in [0.4, 0.5) is 0 Å². The molecule has 2 fully saturated rings. The third-order valence-corrected chi connectivity index (χ3v) is 3.69. The van der Waals surface area contributed by atoms with Crippen LogP contribution in [0.3, 0.4) is 0 Å². The van der Waals surface area contributed by atoms with Crippen molar-refractivity contribution < 1.29 is 9.84 Å². The van der Waals surface area contributed by atoms with Crippen LogP contribution < -0.4 is 0 Å². The molecule has 2 heteroatoms. The lowest BCUT2D eigenvalue weighted by Gasteiger charge is -2.26. The Morgan fingerprint density at radius 1 is 0.929 bits per heavy atom. The maximum Gasteiger partial charge on any atom is 0.0577 e. The Bertz CT molecular complexity index is 156.